The Balaban J connectivity index is 2.12. The van der Waals surface area contributed by atoms with Gasteiger partial charge in [0.25, 0.3) is 0 Å². The van der Waals surface area contributed by atoms with Crippen molar-refractivity contribution in [2.24, 2.45) is 11.1 Å². The lowest BCUT2D eigenvalue weighted by molar-refractivity contribution is -0.123. The van der Waals surface area contributed by atoms with Crippen LogP contribution in [0, 0.1) is 11.2 Å². The lowest BCUT2D eigenvalue weighted by Crippen LogP contribution is -2.52. The molecule has 1 aliphatic heterocycles. The van der Waals surface area contributed by atoms with Gasteiger partial charge in [-0.1, -0.05) is 66.5 Å². The average Bonchev–Trinajstić information content (AvgIpc) is 3.04. The normalized spacial score (nSPS) is 25.5. The number of rotatable bonds is 8. The van der Waals surface area contributed by atoms with E-state index in [1.165, 1.54) is 6.07 Å². The molecular formula is C26H34BrClFN3O3. The maximum absolute atomic E-state index is 15.4. The van der Waals surface area contributed by atoms with Crippen LogP contribution in [0.3, 0.4) is 0 Å². The predicted octanol–water partition coefficient (Wildman–Crippen LogP) is 3.82. The minimum absolute atomic E-state index is 0.163. The molecule has 35 heavy (non-hydrogen) atoms. The van der Waals surface area contributed by atoms with Crippen molar-refractivity contribution in [3.63, 3.8) is 0 Å². The molecule has 3 rings (SSSR count). The van der Waals surface area contributed by atoms with Gasteiger partial charge in [0.15, 0.2) is 0 Å². The molecule has 2 aromatic rings. The highest BCUT2D eigenvalue weighted by Gasteiger charge is 2.57. The first kappa shape index (κ1) is 28.0. The number of benzene rings is 2. The largest absolute Gasteiger partial charge is 0.394 e. The SMILES string of the molecule is CC(C)(C)C[C@@H]1N[C@@H](C(=O)NCC[C@H](O)CO)[C@H](c2cccc(Br)c2)[C@@]1(N)c1ccc(Cl)cc1F. The Morgan fingerprint density at radius 2 is 2.03 bits per heavy atom. The fourth-order valence-corrected chi connectivity index (χ4v) is 5.51. The number of carbonyl (C=O) groups is 1. The molecule has 0 bridgehead atoms. The van der Waals surface area contributed by atoms with E-state index in [0.29, 0.717) is 12.0 Å². The Hall–Kier alpha value is -1.55. The summed E-state index contributed by atoms with van der Waals surface area (Å²) in [4.78, 5) is 13.5. The molecule has 9 heteroatoms. The number of hydrogen-bond donors (Lipinski definition) is 5. The second-order valence-electron chi connectivity index (χ2n) is 10.5. The van der Waals surface area contributed by atoms with E-state index < -0.39 is 35.5 Å². The van der Waals surface area contributed by atoms with Crippen LogP contribution in [0.1, 0.15) is 50.7 Å². The standard InChI is InChI=1S/C26H34BrClFN3O3/c1-25(2,3)13-21-26(30,19-8-7-17(28)12-20(19)29)22(15-5-4-6-16(27)11-15)23(32-21)24(35)31-10-9-18(34)14-33/h4-8,11-12,18,21-23,32-34H,9-10,13-14,30H2,1-3H3,(H,31,35)/t18-,21-,22-,23+,26+/m0/s1. The van der Waals surface area contributed by atoms with Crippen molar-refractivity contribution in [3.8, 4) is 0 Å². The monoisotopic (exact) mass is 569 g/mol. The molecule has 1 aliphatic rings. The highest BCUT2D eigenvalue weighted by atomic mass is 79.9. The molecule has 6 N–H and O–H groups in total. The topological polar surface area (TPSA) is 108 Å². The van der Waals surface area contributed by atoms with Gasteiger partial charge in [0.1, 0.15) is 5.82 Å². The molecule has 0 aliphatic carbocycles. The highest BCUT2D eigenvalue weighted by Crippen LogP contribution is 2.49. The molecule has 0 unspecified atom stereocenters. The lowest BCUT2D eigenvalue weighted by atomic mass is 9.68. The maximum Gasteiger partial charge on any atom is 0.237 e. The smallest absolute Gasteiger partial charge is 0.237 e. The second-order valence-corrected chi connectivity index (χ2v) is 11.8. The Morgan fingerprint density at radius 3 is 2.63 bits per heavy atom. The van der Waals surface area contributed by atoms with Gasteiger partial charge in [-0.2, -0.15) is 0 Å². The number of halogens is 3. The molecule has 0 radical (unpaired) electrons. The average molecular weight is 571 g/mol. The Morgan fingerprint density at radius 1 is 1.31 bits per heavy atom. The first-order valence-electron chi connectivity index (χ1n) is 11.7. The quantitative estimate of drug-likeness (QED) is 0.332. The van der Waals surface area contributed by atoms with Gasteiger partial charge in [-0.3, -0.25) is 4.79 Å². The molecule has 1 heterocycles. The Bertz CT molecular complexity index is 1050. The first-order valence-corrected chi connectivity index (χ1v) is 12.9. The molecule has 1 amide bonds. The number of nitrogens with one attached hydrogen (secondary N) is 2. The summed E-state index contributed by atoms with van der Waals surface area (Å²) in [5.41, 5.74) is 6.87. The lowest BCUT2D eigenvalue weighted by Gasteiger charge is -2.39. The summed E-state index contributed by atoms with van der Waals surface area (Å²) in [6.45, 7) is 6.02. The molecule has 0 aromatic heterocycles. The number of carbonyl (C=O) groups excluding carboxylic acids is 1. The molecule has 5 atom stereocenters. The third-order valence-electron chi connectivity index (χ3n) is 6.50. The van der Waals surface area contributed by atoms with Gasteiger partial charge < -0.3 is 26.6 Å². The van der Waals surface area contributed by atoms with E-state index in [-0.39, 0.29) is 35.9 Å². The minimum Gasteiger partial charge on any atom is -0.394 e. The number of nitrogens with two attached hydrogens (primary N) is 1. The van der Waals surface area contributed by atoms with E-state index in [1.54, 1.807) is 12.1 Å². The summed E-state index contributed by atoms with van der Waals surface area (Å²) in [5, 5.41) is 25.3. The number of hydrogen-bond acceptors (Lipinski definition) is 5. The van der Waals surface area contributed by atoms with Gasteiger partial charge in [0.2, 0.25) is 5.91 Å². The molecule has 6 nitrogen and oxygen atoms in total. The number of aliphatic hydroxyl groups excluding tert-OH is 2. The van der Waals surface area contributed by atoms with Gasteiger partial charge in [-0.15, -0.1) is 0 Å². The van der Waals surface area contributed by atoms with Crippen molar-refractivity contribution >= 4 is 33.4 Å². The van der Waals surface area contributed by atoms with Gasteiger partial charge in [-0.05, 0) is 48.1 Å². The zero-order chi connectivity index (χ0) is 26.0. The molecule has 192 valence electrons. The first-order chi connectivity index (χ1) is 16.4. The van der Waals surface area contributed by atoms with Crippen molar-refractivity contribution in [1.82, 2.24) is 10.6 Å². The zero-order valence-corrected chi connectivity index (χ0v) is 22.5. The minimum atomic E-state index is -1.27. The summed E-state index contributed by atoms with van der Waals surface area (Å²) in [7, 11) is 0. The highest BCUT2D eigenvalue weighted by molar-refractivity contribution is 9.10. The second kappa shape index (κ2) is 11.2. The molecule has 2 aromatic carbocycles. The Kier molecular flexibility index (Phi) is 9.00. The van der Waals surface area contributed by atoms with E-state index in [1.807, 2.05) is 24.3 Å². The third-order valence-corrected chi connectivity index (χ3v) is 7.23. The van der Waals surface area contributed by atoms with Gasteiger partial charge in [0.05, 0.1) is 24.3 Å². The van der Waals surface area contributed by atoms with Crippen LogP contribution in [0.15, 0.2) is 46.9 Å². The number of amides is 1. The molecule has 1 fully saturated rings. The molecule has 1 saturated heterocycles. The van der Waals surface area contributed by atoms with Crippen molar-refractivity contribution in [3.05, 3.63) is 68.9 Å². The van der Waals surface area contributed by atoms with Crippen LogP contribution in [0.2, 0.25) is 5.02 Å². The fraction of sp³-hybridized carbons (Fsp3) is 0.500. The van der Waals surface area contributed by atoms with Crippen molar-refractivity contribution < 1.29 is 19.4 Å². The zero-order valence-electron chi connectivity index (χ0n) is 20.2. The van der Waals surface area contributed by atoms with E-state index in [2.05, 4.69) is 47.3 Å². The van der Waals surface area contributed by atoms with Crippen LogP contribution in [0.25, 0.3) is 0 Å². The van der Waals surface area contributed by atoms with Crippen LogP contribution in [0.4, 0.5) is 4.39 Å². The molecule has 0 saturated carbocycles. The summed E-state index contributed by atoms with van der Waals surface area (Å²) in [6, 6.07) is 10.8. The maximum atomic E-state index is 15.4. The van der Waals surface area contributed by atoms with Crippen molar-refractivity contribution in [1.29, 1.82) is 0 Å². The van der Waals surface area contributed by atoms with Gasteiger partial charge in [-0.25, -0.2) is 4.39 Å². The Labute approximate surface area is 219 Å². The predicted molar refractivity (Wildman–Crippen MR) is 140 cm³/mol. The van der Waals surface area contributed by atoms with Crippen molar-refractivity contribution in [2.45, 2.75) is 63.3 Å². The van der Waals surface area contributed by atoms with E-state index >= 15 is 4.39 Å². The van der Waals surface area contributed by atoms with Gasteiger partial charge in [0, 0.05) is 33.6 Å². The van der Waals surface area contributed by atoms with E-state index in [0.717, 1.165) is 10.0 Å². The van der Waals surface area contributed by atoms with Crippen molar-refractivity contribution in [2.75, 3.05) is 13.2 Å². The summed E-state index contributed by atoms with van der Waals surface area (Å²) >= 11 is 9.56. The fourth-order valence-electron chi connectivity index (χ4n) is 4.94. The van der Waals surface area contributed by atoms with Gasteiger partial charge >= 0.3 is 0 Å². The summed E-state index contributed by atoms with van der Waals surface area (Å²) in [6.07, 6.45) is -0.122. The third kappa shape index (κ3) is 6.42. The molecular weight excluding hydrogens is 537 g/mol. The summed E-state index contributed by atoms with van der Waals surface area (Å²) < 4.78 is 16.2. The van der Waals surface area contributed by atoms with Crippen LogP contribution >= 0.6 is 27.5 Å². The van der Waals surface area contributed by atoms with E-state index in [9.17, 15) is 9.90 Å². The van der Waals surface area contributed by atoms with Crippen LogP contribution in [0.5, 0.6) is 0 Å². The van der Waals surface area contributed by atoms with Crippen LogP contribution in [-0.4, -0.2) is 47.5 Å². The van der Waals surface area contributed by atoms with Crippen LogP contribution in [-0.2, 0) is 10.3 Å². The summed E-state index contributed by atoms with van der Waals surface area (Å²) in [5.74, 6) is -1.43. The van der Waals surface area contributed by atoms with Crippen LogP contribution < -0.4 is 16.4 Å². The van der Waals surface area contributed by atoms with E-state index in [4.69, 9.17) is 22.4 Å². The molecule has 0 spiro atoms. The number of aliphatic hydroxyl groups is 2.